The lowest BCUT2D eigenvalue weighted by atomic mass is 10.3. The van der Waals surface area contributed by atoms with E-state index >= 15 is 0 Å². The van der Waals surface area contributed by atoms with Crippen LogP contribution in [0.3, 0.4) is 0 Å². The van der Waals surface area contributed by atoms with E-state index in [9.17, 15) is 27.6 Å². The molecule has 0 saturated heterocycles. The summed E-state index contributed by atoms with van der Waals surface area (Å²) in [4.78, 5) is 41.2. The highest BCUT2D eigenvalue weighted by Gasteiger charge is 2.32. The first-order valence-electron chi connectivity index (χ1n) is 9.61. The van der Waals surface area contributed by atoms with Crippen molar-refractivity contribution in [3.05, 3.63) is 62.8 Å². The molecular formula is C19H20F3N7O3. The third-order valence-electron chi connectivity index (χ3n) is 4.62. The number of amides is 1. The predicted octanol–water partition coefficient (Wildman–Crippen LogP) is 1.87. The van der Waals surface area contributed by atoms with Gasteiger partial charge in [-0.2, -0.15) is 18.3 Å². The molecule has 3 aromatic rings. The van der Waals surface area contributed by atoms with Crippen LogP contribution in [0.1, 0.15) is 36.3 Å². The van der Waals surface area contributed by atoms with Gasteiger partial charge in [0.25, 0.3) is 11.5 Å². The number of carbonyl (C=O) groups excluding carboxylic acids is 1. The molecule has 3 heterocycles. The van der Waals surface area contributed by atoms with E-state index in [0.717, 1.165) is 27.6 Å². The van der Waals surface area contributed by atoms with Crippen molar-refractivity contribution in [1.29, 1.82) is 0 Å². The zero-order valence-corrected chi connectivity index (χ0v) is 17.2. The van der Waals surface area contributed by atoms with Gasteiger partial charge >= 0.3 is 11.9 Å². The minimum Gasteiger partial charge on any atom is -0.383 e. The third kappa shape index (κ3) is 4.26. The monoisotopic (exact) mass is 451 g/mol. The number of nitrogen functional groups attached to an aromatic ring is 1. The summed E-state index contributed by atoms with van der Waals surface area (Å²) in [6.07, 6.45) is -0.659. The van der Waals surface area contributed by atoms with Gasteiger partial charge in [-0.1, -0.05) is 6.92 Å². The fourth-order valence-corrected chi connectivity index (χ4v) is 3.02. The molecule has 0 unspecified atom stereocenters. The van der Waals surface area contributed by atoms with E-state index in [-0.39, 0.29) is 35.8 Å². The number of aromatic nitrogens is 5. The Morgan fingerprint density at radius 2 is 1.88 bits per heavy atom. The molecule has 13 heteroatoms. The summed E-state index contributed by atoms with van der Waals surface area (Å²) in [6.45, 7) is 3.81. The molecule has 3 aromatic heterocycles. The molecule has 1 amide bonds. The molecule has 3 rings (SSSR count). The van der Waals surface area contributed by atoms with Crippen molar-refractivity contribution in [2.24, 2.45) is 0 Å². The van der Waals surface area contributed by atoms with Crippen molar-refractivity contribution >= 4 is 17.4 Å². The standard InChI is InChI=1S/C19H20F3N7O3/c1-3-7-28-17(31)14(15(23)27(4-2)18(28)32)26-16(30)11-8-25-29(10-11)12-5-6-13(24-9-12)19(20,21)22/h5-6,8-10H,3-4,7,23H2,1-2H3,(H,26,30). The topological polar surface area (TPSA) is 130 Å². The van der Waals surface area contributed by atoms with Gasteiger partial charge < -0.3 is 11.1 Å². The van der Waals surface area contributed by atoms with Gasteiger partial charge in [0.1, 0.15) is 17.2 Å². The Hall–Kier alpha value is -3.90. The molecule has 32 heavy (non-hydrogen) atoms. The van der Waals surface area contributed by atoms with Crippen molar-refractivity contribution in [3.63, 3.8) is 0 Å². The number of rotatable bonds is 6. The first-order valence-corrected chi connectivity index (χ1v) is 9.61. The first kappa shape index (κ1) is 22.8. The van der Waals surface area contributed by atoms with Crippen LogP contribution in [-0.2, 0) is 19.3 Å². The number of halogens is 3. The van der Waals surface area contributed by atoms with Crippen LogP contribution >= 0.6 is 0 Å². The fourth-order valence-electron chi connectivity index (χ4n) is 3.02. The molecule has 0 bridgehead atoms. The van der Waals surface area contributed by atoms with E-state index in [4.69, 9.17) is 5.73 Å². The summed E-state index contributed by atoms with van der Waals surface area (Å²) < 4.78 is 41.3. The Bertz CT molecular complexity index is 1260. The highest BCUT2D eigenvalue weighted by Crippen LogP contribution is 2.27. The molecule has 10 nitrogen and oxygen atoms in total. The number of pyridine rings is 1. The first-order chi connectivity index (χ1) is 15.1. The van der Waals surface area contributed by atoms with Gasteiger partial charge in [-0.25, -0.2) is 14.5 Å². The van der Waals surface area contributed by atoms with Crippen LogP contribution in [0.4, 0.5) is 24.7 Å². The summed E-state index contributed by atoms with van der Waals surface area (Å²) in [6, 6.07) is 1.95. The normalized spacial score (nSPS) is 11.5. The predicted molar refractivity (Wildman–Crippen MR) is 110 cm³/mol. The third-order valence-corrected chi connectivity index (χ3v) is 4.62. The molecule has 0 aliphatic rings. The maximum atomic E-state index is 12.7. The average Bonchev–Trinajstić information content (AvgIpc) is 3.24. The maximum Gasteiger partial charge on any atom is 0.433 e. The van der Waals surface area contributed by atoms with Gasteiger partial charge in [-0.3, -0.25) is 18.7 Å². The average molecular weight is 451 g/mol. The minimum absolute atomic E-state index is 0.0139. The number of nitrogens with zero attached hydrogens (tertiary/aromatic N) is 5. The number of nitrogens with two attached hydrogens (primary N) is 1. The smallest absolute Gasteiger partial charge is 0.383 e. The summed E-state index contributed by atoms with van der Waals surface area (Å²) in [5, 5.41) is 6.36. The van der Waals surface area contributed by atoms with Crippen LogP contribution in [0.25, 0.3) is 5.69 Å². The Labute approximate surface area is 179 Å². The van der Waals surface area contributed by atoms with Gasteiger partial charge in [0.2, 0.25) is 0 Å². The molecular weight excluding hydrogens is 431 g/mol. The molecule has 0 aliphatic carbocycles. The Morgan fingerprint density at radius 3 is 2.44 bits per heavy atom. The molecule has 0 saturated carbocycles. The fraction of sp³-hybridized carbons (Fsp3) is 0.316. The lowest BCUT2D eigenvalue weighted by Crippen LogP contribution is -2.42. The van der Waals surface area contributed by atoms with E-state index in [0.29, 0.717) is 6.42 Å². The zero-order chi connectivity index (χ0) is 23.6. The van der Waals surface area contributed by atoms with Crippen LogP contribution in [0.15, 0.2) is 40.3 Å². The number of hydrogen-bond acceptors (Lipinski definition) is 6. The Kier molecular flexibility index (Phi) is 6.18. The van der Waals surface area contributed by atoms with E-state index < -0.39 is 29.0 Å². The lowest BCUT2D eigenvalue weighted by Gasteiger charge is -2.15. The Morgan fingerprint density at radius 1 is 1.16 bits per heavy atom. The van der Waals surface area contributed by atoms with Crippen LogP contribution in [-0.4, -0.2) is 29.8 Å². The molecule has 0 spiro atoms. The maximum absolute atomic E-state index is 12.7. The van der Waals surface area contributed by atoms with Gasteiger partial charge in [-0.05, 0) is 25.5 Å². The molecule has 0 aromatic carbocycles. The second-order valence-electron chi connectivity index (χ2n) is 6.77. The summed E-state index contributed by atoms with van der Waals surface area (Å²) in [5.41, 5.74) is 3.55. The van der Waals surface area contributed by atoms with Crippen molar-refractivity contribution < 1.29 is 18.0 Å². The lowest BCUT2D eigenvalue weighted by molar-refractivity contribution is -0.141. The summed E-state index contributed by atoms with van der Waals surface area (Å²) >= 11 is 0. The van der Waals surface area contributed by atoms with Crippen molar-refractivity contribution in [2.75, 3.05) is 11.1 Å². The molecule has 170 valence electrons. The number of alkyl halides is 3. The van der Waals surface area contributed by atoms with Gasteiger partial charge in [0.05, 0.1) is 23.6 Å². The Balaban J connectivity index is 1.91. The van der Waals surface area contributed by atoms with Crippen LogP contribution in [0, 0.1) is 0 Å². The summed E-state index contributed by atoms with van der Waals surface area (Å²) in [7, 11) is 0. The summed E-state index contributed by atoms with van der Waals surface area (Å²) in [5.74, 6) is -0.910. The number of anilines is 2. The highest BCUT2D eigenvalue weighted by molar-refractivity contribution is 6.05. The van der Waals surface area contributed by atoms with Crippen LogP contribution < -0.4 is 22.3 Å². The second-order valence-corrected chi connectivity index (χ2v) is 6.77. The van der Waals surface area contributed by atoms with E-state index in [2.05, 4.69) is 15.4 Å². The number of nitrogens with one attached hydrogen (secondary N) is 1. The molecule has 3 N–H and O–H groups in total. The highest BCUT2D eigenvalue weighted by atomic mass is 19.4. The molecule has 0 radical (unpaired) electrons. The van der Waals surface area contributed by atoms with Gasteiger partial charge in [0, 0.05) is 19.3 Å². The number of hydrogen-bond donors (Lipinski definition) is 2. The molecule has 0 aliphatic heterocycles. The minimum atomic E-state index is -4.58. The second kappa shape index (κ2) is 8.69. The number of carbonyl (C=O) groups is 1. The van der Waals surface area contributed by atoms with Crippen molar-refractivity contribution in [3.8, 4) is 5.69 Å². The van der Waals surface area contributed by atoms with Gasteiger partial charge in [0.15, 0.2) is 0 Å². The van der Waals surface area contributed by atoms with Crippen LogP contribution in [0.2, 0.25) is 0 Å². The molecule has 0 fully saturated rings. The quantitative estimate of drug-likeness (QED) is 0.589. The zero-order valence-electron chi connectivity index (χ0n) is 17.2. The largest absolute Gasteiger partial charge is 0.433 e. The van der Waals surface area contributed by atoms with Crippen molar-refractivity contribution in [1.82, 2.24) is 23.9 Å². The van der Waals surface area contributed by atoms with E-state index in [1.165, 1.54) is 17.0 Å². The van der Waals surface area contributed by atoms with Gasteiger partial charge in [-0.15, -0.1) is 0 Å². The van der Waals surface area contributed by atoms with Crippen LogP contribution in [0.5, 0.6) is 0 Å². The van der Waals surface area contributed by atoms with E-state index in [1.807, 2.05) is 0 Å². The molecule has 0 atom stereocenters. The van der Waals surface area contributed by atoms with Crippen molar-refractivity contribution in [2.45, 2.75) is 39.5 Å². The SMILES string of the molecule is CCCn1c(=O)c(NC(=O)c2cnn(-c3ccc(C(F)(F)F)nc3)c2)c(N)n(CC)c1=O. The van der Waals surface area contributed by atoms with E-state index in [1.54, 1.807) is 13.8 Å².